The highest BCUT2D eigenvalue weighted by Crippen LogP contribution is 2.23. The zero-order chi connectivity index (χ0) is 12.3. The lowest BCUT2D eigenvalue weighted by atomic mass is 10.1. The Hall–Kier alpha value is -1.75. The first-order valence-corrected chi connectivity index (χ1v) is 5.45. The van der Waals surface area contributed by atoms with Crippen LogP contribution in [0.4, 0.5) is 4.39 Å². The maximum absolute atomic E-state index is 13.8. The van der Waals surface area contributed by atoms with Crippen LogP contribution in [0, 0.1) is 12.7 Å². The minimum Gasteiger partial charge on any atom is -0.421 e. The van der Waals surface area contributed by atoms with E-state index in [0.717, 1.165) is 6.54 Å². The van der Waals surface area contributed by atoms with E-state index in [2.05, 4.69) is 15.5 Å². The summed E-state index contributed by atoms with van der Waals surface area (Å²) < 4.78 is 19.2. The van der Waals surface area contributed by atoms with Gasteiger partial charge in [0.2, 0.25) is 5.89 Å². The molecule has 4 nitrogen and oxygen atoms in total. The molecule has 0 aliphatic heterocycles. The van der Waals surface area contributed by atoms with Crippen LogP contribution in [0.25, 0.3) is 11.5 Å². The molecule has 0 bridgehead atoms. The van der Waals surface area contributed by atoms with Gasteiger partial charge in [0.15, 0.2) is 0 Å². The van der Waals surface area contributed by atoms with Gasteiger partial charge in [-0.1, -0.05) is 12.1 Å². The Bertz CT molecular complexity index is 510. The van der Waals surface area contributed by atoms with Crippen molar-refractivity contribution < 1.29 is 8.81 Å². The van der Waals surface area contributed by atoms with E-state index < -0.39 is 0 Å². The van der Waals surface area contributed by atoms with E-state index in [-0.39, 0.29) is 11.7 Å². The third-order valence-electron chi connectivity index (χ3n) is 2.48. The standard InChI is InChI=1S/C12H14FN3O/c1-8-4-3-5-9(11(8)13)12-16-15-10(17-12)6-7-14-2/h3-5,14H,6-7H2,1-2H3. The highest BCUT2D eigenvalue weighted by Gasteiger charge is 2.13. The minimum atomic E-state index is -0.309. The monoisotopic (exact) mass is 235 g/mol. The highest BCUT2D eigenvalue weighted by molar-refractivity contribution is 5.55. The molecule has 5 heteroatoms. The van der Waals surface area contributed by atoms with Gasteiger partial charge in [-0.25, -0.2) is 4.39 Å². The molecule has 0 unspecified atom stereocenters. The molecule has 0 fully saturated rings. The fraction of sp³-hybridized carbons (Fsp3) is 0.333. The molecule has 17 heavy (non-hydrogen) atoms. The van der Waals surface area contributed by atoms with E-state index in [1.807, 2.05) is 7.05 Å². The molecule has 1 heterocycles. The Labute approximate surface area is 98.9 Å². The SMILES string of the molecule is CNCCc1nnc(-c2cccc(C)c2F)o1. The van der Waals surface area contributed by atoms with Gasteiger partial charge in [-0.2, -0.15) is 0 Å². The van der Waals surface area contributed by atoms with Crippen LogP contribution in [0.5, 0.6) is 0 Å². The van der Waals surface area contributed by atoms with Gasteiger partial charge >= 0.3 is 0 Å². The number of aryl methyl sites for hydroxylation is 1. The van der Waals surface area contributed by atoms with Crippen LogP contribution < -0.4 is 5.32 Å². The molecule has 0 aliphatic carbocycles. The van der Waals surface area contributed by atoms with E-state index >= 15 is 0 Å². The smallest absolute Gasteiger partial charge is 0.250 e. The molecule has 1 aromatic carbocycles. The van der Waals surface area contributed by atoms with E-state index in [9.17, 15) is 4.39 Å². The lowest BCUT2D eigenvalue weighted by Crippen LogP contribution is -2.10. The van der Waals surface area contributed by atoms with Crippen molar-refractivity contribution >= 4 is 0 Å². The van der Waals surface area contributed by atoms with Gasteiger partial charge in [0, 0.05) is 13.0 Å². The van der Waals surface area contributed by atoms with Crippen LogP contribution in [0.2, 0.25) is 0 Å². The van der Waals surface area contributed by atoms with Gasteiger partial charge < -0.3 is 9.73 Å². The molecular weight excluding hydrogens is 221 g/mol. The van der Waals surface area contributed by atoms with Gasteiger partial charge in [-0.3, -0.25) is 0 Å². The predicted molar refractivity (Wildman–Crippen MR) is 62.1 cm³/mol. The van der Waals surface area contributed by atoms with Crippen LogP contribution in [0.1, 0.15) is 11.5 Å². The molecule has 0 spiro atoms. The van der Waals surface area contributed by atoms with Gasteiger partial charge in [0.1, 0.15) is 5.82 Å². The number of nitrogens with one attached hydrogen (secondary N) is 1. The van der Waals surface area contributed by atoms with Crippen LogP contribution in [0.3, 0.4) is 0 Å². The Kier molecular flexibility index (Phi) is 3.49. The summed E-state index contributed by atoms with van der Waals surface area (Å²) >= 11 is 0. The van der Waals surface area contributed by atoms with Gasteiger partial charge in [-0.15, -0.1) is 10.2 Å². The number of hydrogen-bond donors (Lipinski definition) is 1. The third-order valence-corrected chi connectivity index (χ3v) is 2.48. The lowest BCUT2D eigenvalue weighted by Gasteiger charge is -2.00. The van der Waals surface area contributed by atoms with Crippen molar-refractivity contribution in [3.05, 3.63) is 35.5 Å². The van der Waals surface area contributed by atoms with Crippen molar-refractivity contribution in [1.82, 2.24) is 15.5 Å². The van der Waals surface area contributed by atoms with Crippen molar-refractivity contribution in [1.29, 1.82) is 0 Å². The molecule has 0 aliphatic rings. The van der Waals surface area contributed by atoms with Crippen molar-refractivity contribution in [2.75, 3.05) is 13.6 Å². The minimum absolute atomic E-state index is 0.234. The predicted octanol–water partition coefficient (Wildman–Crippen LogP) is 1.95. The van der Waals surface area contributed by atoms with Crippen LogP contribution >= 0.6 is 0 Å². The van der Waals surface area contributed by atoms with Crippen molar-refractivity contribution in [2.45, 2.75) is 13.3 Å². The maximum Gasteiger partial charge on any atom is 0.250 e. The maximum atomic E-state index is 13.8. The first kappa shape index (κ1) is 11.7. The summed E-state index contributed by atoms with van der Waals surface area (Å²) in [6.07, 6.45) is 0.636. The fourth-order valence-corrected chi connectivity index (χ4v) is 1.51. The van der Waals surface area contributed by atoms with Crippen molar-refractivity contribution in [3.63, 3.8) is 0 Å². The summed E-state index contributed by atoms with van der Waals surface area (Å²) in [5, 5.41) is 10.7. The molecule has 2 aromatic rings. The zero-order valence-electron chi connectivity index (χ0n) is 9.83. The quantitative estimate of drug-likeness (QED) is 0.880. The third kappa shape index (κ3) is 2.50. The molecule has 0 saturated heterocycles. The van der Waals surface area contributed by atoms with Crippen LogP contribution in [0.15, 0.2) is 22.6 Å². The molecule has 1 aromatic heterocycles. The van der Waals surface area contributed by atoms with Crippen molar-refractivity contribution in [2.24, 2.45) is 0 Å². The Morgan fingerprint density at radius 3 is 2.94 bits per heavy atom. The molecule has 2 rings (SSSR count). The zero-order valence-corrected chi connectivity index (χ0v) is 9.83. The molecule has 90 valence electrons. The van der Waals surface area contributed by atoms with E-state index in [1.165, 1.54) is 0 Å². The van der Waals surface area contributed by atoms with Crippen LogP contribution in [-0.4, -0.2) is 23.8 Å². The summed E-state index contributed by atoms with van der Waals surface area (Å²) in [6, 6.07) is 5.11. The summed E-state index contributed by atoms with van der Waals surface area (Å²) in [6.45, 7) is 2.45. The number of hydrogen-bond acceptors (Lipinski definition) is 4. The second-order valence-electron chi connectivity index (χ2n) is 3.79. The molecule has 1 N–H and O–H groups in total. The first-order valence-electron chi connectivity index (χ1n) is 5.45. The van der Waals surface area contributed by atoms with Crippen molar-refractivity contribution in [3.8, 4) is 11.5 Å². The first-order chi connectivity index (χ1) is 8.22. The molecule has 0 radical (unpaired) electrons. The number of benzene rings is 1. The Morgan fingerprint density at radius 1 is 1.35 bits per heavy atom. The average Bonchev–Trinajstić information content (AvgIpc) is 2.78. The molecular formula is C12H14FN3O. The summed E-state index contributed by atoms with van der Waals surface area (Å²) in [5.41, 5.74) is 0.922. The largest absolute Gasteiger partial charge is 0.421 e. The molecule has 0 saturated carbocycles. The number of likely N-dealkylation sites (N-methyl/N-ethyl adjacent to an activating group) is 1. The highest BCUT2D eigenvalue weighted by atomic mass is 19.1. The summed E-state index contributed by atoms with van der Waals surface area (Å²) in [5.74, 6) is 0.434. The Morgan fingerprint density at radius 2 is 2.18 bits per heavy atom. The normalized spacial score (nSPS) is 10.8. The topological polar surface area (TPSA) is 51.0 Å². The van der Waals surface area contributed by atoms with E-state index in [1.54, 1.807) is 25.1 Å². The average molecular weight is 235 g/mol. The Balaban J connectivity index is 2.27. The second kappa shape index (κ2) is 5.05. The number of aromatic nitrogens is 2. The molecule has 0 amide bonds. The second-order valence-corrected chi connectivity index (χ2v) is 3.79. The number of halogens is 1. The fourth-order valence-electron chi connectivity index (χ4n) is 1.51. The van der Waals surface area contributed by atoms with E-state index in [0.29, 0.717) is 23.4 Å². The van der Waals surface area contributed by atoms with E-state index in [4.69, 9.17) is 4.42 Å². The van der Waals surface area contributed by atoms with Gasteiger partial charge in [0.25, 0.3) is 5.89 Å². The van der Waals surface area contributed by atoms with Gasteiger partial charge in [0.05, 0.1) is 5.56 Å². The number of rotatable bonds is 4. The lowest BCUT2D eigenvalue weighted by molar-refractivity contribution is 0.496. The van der Waals surface area contributed by atoms with Gasteiger partial charge in [-0.05, 0) is 25.6 Å². The summed E-state index contributed by atoms with van der Waals surface area (Å²) in [4.78, 5) is 0. The number of nitrogens with zero attached hydrogens (tertiary/aromatic N) is 2. The molecule has 0 atom stereocenters. The summed E-state index contributed by atoms with van der Waals surface area (Å²) in [7, 11) is 1.84. The van der Waals surface area contributed by atoms with Crippen LogP contribution in [-0.2, 0) is 6.42 Å².